The van der Waals surface area contributed by atoms with Gasteiger partial charge in [0.15, 0.2) is 11.5 Å². The Hall–Kier alpha value is -3.58. The molecule has 2 aromatic heterocycles. The summed E-state index contributed by atoms with van der Waals surface area (Å²) in [5.74, 6) is 2.22. The van der Waals surface area contributed by atoms with Crippen LogP contribution in [-0.2, 0) is 6.54 Å². The van der Waals surface area contributed by atoms with Crippen molar-refractivity contribution < 1.29 is 9.47 Å². The molecule has 1 aliphatic heterocycles. The zero-order valence-electron chi connectivity index (χ0n) is 16.3. The van der Waals surface area contributed by atoms with E-state index in [4.69, 9.17) is 9.47 Å². The Labute approximate surface area is 168 Å². The number of anilines is 2. The summed E-state index contributed by atoms with van der Waals surface area (Å²) in [5.41, 5.74) is 5.06. The van der Waals surface area contributed by atoms with Gasteiger partial charge in [0.1, 0.15) is 17.8 Å². The molecule has 5 rings (SSSR count). The van der Waals surface area contributed by atoms with Gasteiger partial charge in [0.2, 0.25) is 6.79 Å². The first-order valence-electron chi connectivity index (χ1n) is 9.40. The predicted molar refractivity (Wildman–Crippen MR) is 113 cm³/mol. The molecule has 0 fully saturated rings. The topological polar surface area (TPSA) is 75.3 Å². The normalized spacial score (nSPS) is 12.7. The van der Waals surface area contributed by atoms with Crippen LogP contribution in [0.5, 0.6) is 11.5 Å². The van der Waals surface area contributed by atoms with Gasteiger partial charge in [0.05, 0.1) is 5.39 Å². The second-order valence-electron chi connectivity index (χ2n) is 7.30. The summed E-state index contributed by atoms with van der Waals surface area (Å²) >= 11 is 0. The molecule has 1 aliphatic rings. The van der Waals surface area contributed by atoms with E-state index in [1.165, 1.54) is 5.56 Å². The monoisotopic (exact) mass is 387 g/mol. The van der Waals surface area contributed by atoms with Crippen LogP contribution >= 0.6 is 0 Å². The largest absolute Gasteiger partial charge is 0.454 e. The van der Waals surface area contributed by atoms with E-state index in [0.29, 0.717) is 0 Å². The summed E-state index contributed by atoms with van der Waals surface area (Å²) in [5, 5.41) is 4.29. The van der Waals surface area contributed by atoms with Crippen LogP contribution < -0.4 is 14.8 Å². The lowest BCUT2D eigenvalue weighted by Gasteiger charge is -2.09. The minimum Gasteiger partial charge on any atom is -0.454 e. The fourth-order valence-electron chi connectivity index (χ4n) is 3.46. The molecule has 4 aromatic rings. The molecule has 0 unspecified atom stereocenters. The number of H-pyrrole nitrogens is 1. The Morgan fingerprint density at radius 1 is 1.00 bits per heavy atom. The number of hydrogen-bond donors (Lipinski definition) is 2. The molecule has 0 saturated heterocycles. The molecule has 2 N–H and O–H groups in total. The fraction of sp³-hybridized carbons (Fsp3) is 0.182. The van der Waals surface area contributed by atoms with Crippen molar-refractivity contribution in [2.75, 3.05) is 26.2 Å². The molecule has 2 aromatic carbocycles. The second kappa shape index (κ2) is 7.10. The van der Waals surface area contributed by atoms with Crippen LogP contribution in [0.1, 0.15) is 5.56 Å². The van der Waals surface area contributed by atoms with Gasteiger partial charge in [-0.05, 0) is 43.4 Å². The Bertz CT molecular complexity index is 1170. The summed E-state index contributed by atoms with van der Waals surface area (Å²) in [6.07, 6.45) is 1.55. The highest BCUT2D eigenvalue weighted by Gasteiger charge is 2.15. The number of benzene rings is 2. The van der Waals surface area contributed by atoms with Gasteiger partial charge in [-0.1, -0.05) is 24.3 Å². The van der Waals surface area contributed by atoms with Crippen LogP contribution in [0.3, 0.4) is 0 Å². The Balaban J connectivity index is 1.45. The van der Waals surface area contributed by atoms with Crippen molar-refractivity contribution in [2.24, 2.45) is 0 Å². The molecule has 0 saturated carbocycles. The van der Waals surface area contributed by atoms with E-state index in [1.54, 1.807) is 6.33 Å². The van der Waals surface area contributed by atoms with Crippen molar-refractivity contribution >= 4 is 22.5 Å². The molecule has 146 valence electrons. The van der Waals surface area contributed by atoms with Gasteiger partial charge in [0.25, 0.3) is 0 Å². The average molecular weight is 387 g/mol. The van der Waals surface area contributed by atoms with Crippen molar-refractivity contribution in [3.8, 4) is 22.8 Å². The number of ether oxygens (including phenoxy) is 2. The first kappa shape index (κ1) is 17.5. The number of aromatic nitrogens is 3. The quantitative estimate of drug-likeness (QED) is 0.536. The van der Waals surface area contributed by atoms with Crippen LogP contribution in [-0.4, -0.2) is 40.7 Å². The zero-order chi connectivity index (χ0) is 19.8. The van der Waals surface area contributed by atoms with E-state index in [-0.39, 0.29) is 6.79 Å². The smallest absolute Gasteiger partial charge is 0.231 e. The first-order chi connectivity index (χ1) is 14.2. The van der Waals surface area contributed by atoms with Crippen molar-refractivity contribution in [1.29, 1.82) is 0 Å². The molecule has 0 bridgehead atoms. The third-order valence-electron chi connectivity index (χ3n) is 4.82. The van der Waals surface area contributed by atoms with Crippen molar-refractivity contribution in [3.05, 3.63) is 60.4 Å². The van der Waals surface area contributed by atoms with Gasteiger partial charge in [0, 0.05) is 24.0 Å². The SMILES string of the molecule is CN(C)Cc1ccc(-c2cc3c(Nc4ccc5c(c4)OCO5)ncnc3[nH]2)cc1. The summed E-state index contributed by atoms with van der Waals surface area (Å²) in [4.78, 5) is 14.4. The number of aromatic amines is 1. The summed E-state index contributed by atoms with van der Waals surface area (Å²) in [7, 11) is 4.14. The molecule has 0 amide bonds. The Morgan fingerprint density at radius 2 is 1.83 bits per heavy atom. The number of nitrogens with one attached hydrogen (secondary N) is 2. The van der Waals surface area contributed by atoms with Crippen LogP contribution in [0.15, 0.2) is 54.9 Å². The molecule has 7 nitrogen and oxygen atoms in total. The highest BCUT2D eigenvalue weighted by atomic mass is 16.7. The van der Waals surface area contributed by atoms with E-state index in [1.807, 2.05) is 18.2 Å². The zero-order valence-corrected chi connectivity index (χ0v) is 16.3. The van der Waals surface area contributed by atoms with E-state index in [0.717, 1.165) is 51.8 Å². The number of hydrogen-bond acceptors (Lipinski definition) is 6. The van der Waals surface area contributed by atoms with Gasteiger partial charge < -0.3 is 24.7 Å². The van der Waals surface area contributed by atoms with Gasteiger partial charge in [-0.3, -0.25) is 0 Å². The second-order valence-corrected chi connectivity index (χ2v) is 7.30. The molecule has 3 heterocycles. The summed E-state index contributed by atoms with van der Waals surface area (Å²) in [6.45, 7) is 1.17. The third kappa shape index (κ3) is 3.48. The third-order valence-corrected chi connectivity index (χ3v) is 4.82. The number of rotatable bonds is 5. The lowest BCUT2D eigenvalue weighted by Crippen LogP contribution is -2.10. The maximum atomic E-state index is 5.46. The van der Waals surface area contributed by atoms with E-state index < -0.39 is 0 Å². The van der Waals surface area contributed by atoms with Gasteiger partial charge in [-0.25, -0.2) is 9.97 Å². The lowest BCUT2D eigenvalue weighted by molar-refractivity contribution is 0.174. The molecular weight excluding hydrogens is 366 g/mol. The van der Waals surface area contributed by atoms with Gasteiger partial charge in [-0.15, -0.1) is 0 Å². The molecule has 0 spiro atoms. The molecule has 0 radical (unpaired) electrons. The van der Waals surface area contributed by atoms with Crippen LogP contribution in [0, 0.1) is 0 Å². The minimum absolute atomic E-state index is 0.255. The van der Waals surface area contributed by atoms with Crippen LogP contribution in [0.4, 0.5) is 11.5 Å². The summed E-state index contributed by atoms with van der Waals surface area (Å²) in [6, 6.07) is 16.4. The Kier molecular flexibility index (Phi) is 4.29. The van der Waals surface area contributed by atoms with E-state index in [9.17, 15) is 0 Å². The van der Waals surface area contributed by atoms with Gasteiger partial charge >= 0.3 is 0 Å². The molecule has 0 aliphatic carbocycles. The average Bonchev–Trinajstić information content (AvgIpc) is 3.35. The lowest BCUT2D eigenvalue weighted by atomic mass is 10.1. The van der Waals surface area contributed by atoms with E-state index in [2.05, 4.69) is 69.6 Å². The maximum absolute atomic E-state index is 5.46. The number of fused-ring (bicyclic) bond motifs is 2. The fourth-order valence-corrected chi connectivity index (χ4v) is 3.46. The van der Waals surface area contributed by atoms with E-state index >= 15 is 0 Å². The molecule has 7 heteroatoms. The highest BCUT2D eigenvalue weighted by molar-refractivity contribution is 5.93. The van der Waals surface area contributed by atoms with Crippen LogP contribution in [0.2, 0.25) is 0 Å². The highest BCUT2D eigenvalue weighted by Crippen LogP contribution is 2.36. The van der Waals surface area contributed by atoms with Gasteiger partial charge in [-0.2, -0.15) is 0 Å². The van der Waals surface area contributed by atoms with Crippen molar-refractivity contribution in [2.45, 2.75) is 6.54 Å². The van der Waals surface area contributed by atoms with Crippen molar-refractivity contribution in [3.63, 3.8) is 0 Å². The minimum atomic E-state index is 0.255. The van der Waals surface area contributed by atoms with Crippen molar-refractivity contribution in [1.82, 2.24) is 19.9 Å². The molecule has 0 atom stereocenters. The maximum Gasteiger partial charge on any atom is 0.231 e. The molecular formula is C22H21N5O2. The Morgan fingerprint density at radius 3 is 2.66 bits per heavy atom. The standard InChI is InChI=1S/C22H21N5O2/c1-27(2)11-14-3-5-15(6-4-14)18-10-17-21(23-12-24-22(17)26-18)25-16-7-8-19-20(9-16)29-13-28-19/h3-10,12H,11,13H2,1-2H3,(H2,23,24,25,26). The number of nitrogens with zero attached hydrogens (tertiary/aromatic N) is 3. The van der Waals surface area contributed by atoms with Crippen LogP contribution in [0.25, 0.3) is 22.3 Å². The first-order valence-corrected chi connectivity index (χ1v) is 9.40. The predicted octanol–water partition coefficient (Wildman–Crippen LogP) is 4.16. The summed E-state index contributed by atoms with van der Waals surface area (Å²) < 4.78 is 10.8. The molecule has 29 heavy (non-hydrogen) atoms.